The molecule has 146 valence electrons. The third-order valence-electron chi connectivity index (χ3n) is 4.73. The van der Waals surface area contributed by atoms with Crippen LogP contribution in [-0.4, -0.2) is 62.7 Å². The number of hydrogen-bond donors (Lipinski definition) is 0. The molecule has 0 saturated carbocycles. The molecule has 1 aromatic rings. The van der Waals surface area contributed by atoms with Gasteiger partial charge in [-0.05, 0) is 36.0 Å². The molecule has 0 N–H and O–H groups in total. The number of piperazine rings is 1. The summed E-state index contributed by atoms with van der Waals surface area (Å²) in [5.74, 6) is 1.76. The molecule has 1 amide bonds. The monoisotopic (exact) mass is 362 g/mol. The van der Waals surface area contributed by atoms with Gasteiger partial charge in [-0.2, -0.15) is 0 Å². The van der Waals surface area contributed by atoms with E-state index in [2.05, 4.69) is 25.7 Å². The second kappa shape index (κ2) is 9.26. The fourth-order valence-corrected chi connectivity index (χ4v) is 3.46. The van der Waals surface area contributed by atoms with Crippen LogP contribution < -0.4 is 9.47 Å². The maximum Gasteiger partial charge on any atom is 0.222 e. The van der Waals surface area contributed by atoms with Crippen LogP contribution in [0.5, 0.6) is 11.5 Å². The summed E-state index contributed by atoms with van der Waals surface area (Å²) in [6.07, 6.45) is 2.33. The van der Waals surface area contributed by atoms with Crippen LogP contribution >= 0.6 is 0 Å². The second-order valence-electron chi connectivity index (χ2n) is 8.26. The van der Waals surface area contributed by atoms with Crippen molar-refractivity contribution in [3.63, 3.8) is 0 Å². The van der Waals surface area contributed by atoms with E-state index in [4.69, 9.17) is 9.47 Å². The normalized spacial score (nSPS) is 15.8. The second-order valence-corrected chi connectivity index (χ2v) is 8.26. The zero-order valence-electron chi connectivity index (χ0n) is 17.0. The average Bonchev–Trinajstić information content (AvgIpc) is 2.60. The first-order valence-electron chi connectivity index (χ1n) is 9.53. The number of amides is 1. The van der Waals surface area contributed by atoms with Gasteiger partial charge in [0.25, 0.3) is 0 Å². The third-order valence-corrected chi connectivity index (χ3v) is 4.73. The lowest BCUT2D eigenvalue weighted by atomic mass is 9.96. The highest BCUT2D eigenvalue weighted by Gasteiger charge is 2.23. The summed E-state index contributed by atoms with van der Waals surface area (Å²) in [6, 6.07) is 5.95. The SMILES string of the molecule is COc1ccc(CCCC(=O)N2CCN(CC(C)(C)C)CC2)cc1OC. The van der Waals surface area contributed by atoms with Crippen LogP contribution in [-0.2, 0) is 11.2 Å². The van der Waals surface area contributed by atoms with Crippen molar-refractivity contribution in [2.75, 3.05) is 46.9 Å². The van der Waals surface area contributed by atoms with E-state index >= 15 is 0 Å². The van der Waals surface area contributed by atoms with Gasteiger partial charge in [-0.25, -0.2) is 0 Å². The van der Waals surface area contributed by atoms with Gasteiger partial charge in [0.1, 0.15) is 0 Å². The molecule has 1 fully saturated rings. The van der Waals surface area contributed by atoms with E-state index in [1.54, 1.807) is 14.2 Å². The Morgan fingerprint density at radius 2 is 1.69 bits per heavy atom. The molecule has 0 spiro atoms. The van der Waals surface area contributed by atoms with E-state index in [1.165, 1.54) is 5.56 Å². The summed E-state index contributed by atoms with van der Waals surface area (Å²) in [5, 5.41) is 0. The van der Waals surface area contributed by atoms with E-state index < -0.39 is 0 Å². The Morgan fingerprint density at radius 1 is 1.04 bits per heavy atom. The van der Waals surface area contributed by atoms with Crippen molar-refractivity contribution in [3.8, 4) is 11.5 Å². The fraction of sp³-hybridized carbons (Fsp3) is 0.667. The van der Waals surface area contributed by atoms with Crippen molar-refractivity contribution >= 4 is 5.91 Å². The van der Waals surface area contributed by atoms with Crippen molar-refractivity contribution in [2.45, 2.75) is 40.0 Å². The van der Waals surface area contributed by atoms with Crippen molar-refractivity contribution in [1.29, 1.82) is 0 Å². The Labute approximate surface area is 158 Å². The van der Waals surface area contributed by atoms with Gasteiger partial charge in [-0.15, -0.1) is 0 Å². The summed E-state index contributed by atoms with van der Waals surface area (Å²) in [5.41, 5.74) is 1.48. The molecule has 0 aliphatic carbocycles. The molecule has 0 aromatic heterocycles. The van der Waals surface area contributed by atoms with Crippen LogP contribution in [0.2, 0.25) is 0 Å². The molecule has 1 aliphatic rings. The van der Waals surface area contributed by atoms with Crippen LogP contribution in [0.1, 0.15) is 39.2 Å². The smallest absolute Gasteiger partial charge is 0.222 e. The van der Waals surface area contributed by atoms with Gasteiger partial charge < -0.3 is 14.4 Å². The fourth-order valence-electron chi connectivity index (χ4n) is 3.46. The first-order valence-corrected chi connectivity index (χ1v) is 9.53. The van der Waals surface area contributed by atoms with Crippen LogP contribution in [0, 0.1) is 5.41 Å². The van der Waals surface area contributed by atoms with Crippen molar-refractivity contribution in [3.05, 3.63) is 23.8 Å². The molecule has 26 heavy (non-hydrogen) atoms. The average molecular weight is 363 g/mol. The van der Waals surface area contributed by atoms with E-state index in [0.29, 0.717) is 11.8 Å². The minimum atomic E-state index is 0.279. The Bertz CT molecular complexity index is 587. The minimum absolute atomic E-state index is 0.279. The quantitative estimate of drug-likeness (QED) is 0.747. The maximum atomic E-state index is 12.5. The van der Waals surface area contributed by atoms with Crippen LogP contribution in [0.4, 0.5) is 0 Å². The topological polar surface area (TPSA) is 42.0 Å². The summed E-state index contributed by atoms with van der Waals surface area (Å²) in [7, 11) is 3.28. The highest BCUT2D eigenvalue weighted by molar-refractivity contribution is 5.76. The van der Waals surface area contributed by atoms with E-state index in [1.807, 2.05) is 23.1 Å². The zero-order valence-corrected chi connectivity index (χ0v) is 17.0. The predicted molar refractivity (Wildman–Crippen MR) is 105 cm³/mol. The number of rotatable bonds is 7. The van der Waals surface area contributed by atoms with Crippen LogP contribution in [0.3, 0.4) is 0 Å². The lowest BCUT2D eigenvalue weighted by Crippen LogP contribution is -2.50. The number of nitrogens with zero attached hydrogens (tertiary/aromatic N) is 2. The van der Waals surface area contributed by atoms with E-state index in [0.717, 1.165) is 57.1 Å². The van der Waals surface area contributed by atoms with Gasteiger partial charge in [-0.3, -0.25) is 9.69 Å². The number of methoxy groups -OCH3 is 2. The summed E-state index contributed by atoms with van der Waals surface area (Å²) >= 11 is 0. The Balaban J connectivity index is 1.74. The molecule has 0 atom stereocenters. The maximum absolute atomic E-state index is 12.5. The van der Waals surface area contributed by atoms with Gasteiger partial charge in [0.05, 0.1) is 14.2 Å². The Hall–Kier alpha value is -1.75. The number of benzene rings is 1. The third kappa shape index (κ3) is 6.20. The molecular formula is C21H34N2O3. The van der Waals surface area contributed by atoms with Crippen molar-refractivity contribution in [1.82, 2.24) is 9.80 Å². The van der Waals surface area contributed by atoms with Crippen LogP contribution in [0.25, 0.3) is 0 Å². The van der Waals surface area contributed by atoms with Crippen molar-refractivity contribution < 1.29 is 14.3 Å². The highest BCUT2D eigenvalue weighted by atomic mass is 16.5. The predicted octanol–water partition coefficient (Wildman–Crippen LogP) is 3.22. The molecule has 0 bridgehead atoms. The zero-order chi connectivity index (χ0) is 19.2. The molecule has 0 radical (unpaired) electrons. The van der Waals surface area contributed by atoms with E-state index in [-0.39, 0.29) is 5.91 Å². The summed E-state index contributed by atoms with van der Waals surface area (Å²) in [6.45, 7) is 11.6. The Kier molecular flexibility index (Phi) is 7.33. The minimum Gasteiger partial charge on any atom is -0.493 e. The molecule has 2 rings (SSSR count). The molecular weight excluding hydrogens is 328 g/mol. The number of hydrogen-bond acceptors (Lipinski definition) is 4. The highest BCUT2D eigenvalue weighted by Crippen LogP contribution is 2.28. The molecule has 1 heterocycles. The standard InChI is InChI=1S/C21H34N2O3/c1-21(2,3)16-22-11-13-23(14-12-22)20(24)8-6-7-17-9-10-18(25-4)19(15-17)26-5/h9-10,15H,6-8,11-14,16H2,1-5H3. The summed E-state index contributed by atoms with van der Waals surface area (Å²) < 4.78 is 10.6. The van der Waals surface area contributed by atoms with Crippen LogP contribution in [0.15, 0.2) is 18.2 Å². The molecule has 1 saturated heterocycles. The largest absolute Gasteiger partial charge is 0.493 e. The molecule has 5 nitrogen and oxygen atoms in total. The number of ether oxygens (including phenoxy) is 2. The van der Waals surface area contributed by atoms with E-state index in [9.17, 15) is 4.79 Å². The summed E-state index contributed by atoms with van der Waals surface area (Å²) in [4.78, 5) is 17.0. The molecule has 1 aliphatic heterocycles. The number of carbonyl (C=O) groups excluding carboxylic acids is 1. The van der Waals surface area contributed by atoms with Gasteiger partial charge >= 0.3 is 0 Å². The molecule has 5 heteroatoms. The van der Waals surface area contributed by atoms with Crippen molar-refractivity contribution in [2.24, 2.45) is 5.41 Å². The molecule has 0 unspecified atom stereocenters. The van der Waals surface area contributed by atoms with Gasteiger partial charge in [0.15, 0.2) is 11.5 Å². The lowest BCUT2D eigenvalue weighted by Gasteiger charge is -2.37. The number of carbonyl (C=O) groups is 1. The van der Waals surface area contributed by atoms with Gasteiger partial charge in [0.2, 0.25) is 5.91 Å². The van der Waals surface area contributed by atoms with Gasteiger partial charge in [-0.1, -0.05) is 26.8 Å². The first kappa shape index (κ1) is 20.6. The first-order chi connectivity index (χ1) is 12.3. The Morgan fingerprint density at radius 3 is 2.27 bits per heavy atom. The number of aryl methyl sites for hydroxylation is 1. The molecule has 1 aromatic carbocycles. The lowest BCUT2D eigenvalue weighted by molar-refractivity contribution is -0.133. The van der Waals surface area contributed by atoms with Gasteiger partial charge in [0, 0.05) is 39.1 Å².